The Balaban J connectivity index is 1.12. The first-order valence-corrected chi connectivity index (χ1v) is 13.7. The van der Waals surface area contributed by atoms with Gasteiger partial charge in [0, 0.05) is 54.5 Å². The van der Waals surface area contributed by atoms with Crippen LogP contribution in [0.5, 0.6) is 0 Å². The van der Waals surface area contributed by atoms with Crippen molar-refractivity contribution in [1.82, 2.24) is 9.78 Å². The molecule has 2 aliphatic heterocycles. The third kappa shape index (κ3) is 5.57. The highest BCUT2D eigenvalue weighted by Gasteiger charge is 2.30. The van der Waals surface area contributed by atoms with Gasteiger partial charge in [-0.1, -0.05) is 12.1 Å². The van der Waals surface area contributed by atoms with Gasteiger partial charge in [0.1, 0.15) is 11.6 Å². The SMILES string of the molecule is Cc1cc(C(=O)Nc2ccc(C(=O)c3ccc4c(c3)NC(=O)C4C=Nc3ccc(N4CCOCC4)cc3)cc2)n(C)n1. The first-order valence-electron chi connectivity index (χ1n) is 13.7. The molecule has 0 saturated carbocycles. The van der Waals surface area contributed by atoms with Crippen LogP contribution in [0.3, 0.4) is 0 Å². The van der Waals surface area contributed by atoms with E-state index in [2.05, 4.69) is 25.6 Å². The zero-order valence-corrected chi connectivity index (χ0v) is 23.3. The predicted octanol–water partition coefficient (Wildman–Crippen LogP) is 4.49. The van der Waals surface area contributed by atoms with E-state index in [4.69, 9.17) is 4.74 Å². The number of aromatic nitrogens is 2. The van der Waals surface area contributed by atoms with Crippen molar-refractivity contribution < 1.29 is 19.1 Å². The van der Waals surface area contributed by atoms with Gasteiger partial charge in [-0.2, -0.15) is 5.10 Å². The van der Waals surface area contributed by atoms with E-state index in [1.807, 2.05) is 31.2 Å². The second-order valence-corrected chi connectivity index (χ2v) is 10.3. The quantitative estimate of drug-likeness (QED) is 0.253. The molecule has 0 radical (unpaired) electrons. The first kappa shape index (κ1) is 27.1. The van der Waals surface area contributed by atoms with Gasteiger partial charge in [0.2, 0.25) is 5.91 Å². The monoisotopic (exact) mass is 562 g/mol. The fourth-order valence-electron chi connectivity index (χ4n) is 5.20. The molecule has 10 nitrogen and oxygen atoms in total. The van der Waals surface area contributed by atoms with Crippen LogP contribution in [0.4, 0.5) is 22.7 Å². The fraction of sp³-hybridized carbons (Fsp3) is 0.219. The predicted molar refractivity (Wildman–Crippen MR) is 161 cm³/mol. The summed E-state index contributed by atoms with van der Waals surface area (Å²) in [6.07, 6.45) is 1.65. The number of amides is 2. The molecule has 1 atom stereocenters. The highest BCUT2D eigenvalue weighted by Crippen LogP contribution is 2.33. The number of nitrogens with one attached hydrogen (secondary N) is 2. The molecule has 42 heavy (non-hydrogen) atoms. The Kier molecular flexibility index (Phi) is 7.37. The number of aryl methyl sites for hydroxylation is 2. The number of anilines is 3. The Bertz CT molecular complexity index is 1690. The summed E-state index contributed by atoms with van der Waals surface area (Å²) < 4.78 is 6.94. The van der Waals surface area contributed by atoms with Crippen LogP contribution in [-0.4, -0.2) is 59.9 Å². The minimum absolute atomic E-state index is 0.188. The number of carbonyl (C=O) groups excluding carboxylic acids is 3. The molecule has 3 aromatic carbocycles. The summed E-state index contributed by atoms with van der Waals surface area (Å²) in [5.74, 6) is -1.21. The number of nitrogens with zero attached hydrogens (tertiary/aromatic N) is 4. The Hall–Kier alpha value is -5.09. The molecule has 4 aromatic rings. The van der Waals surface area contributed by atoms with E-state index in [9.17, 15) is 14.4 Å². The number of hydrogen-bond donors (Lipinski definition) is 2. The molecule has 0 bridgehead atoms. The van der Waals surface area contributed by atoms with E-state index in [0.29, 0.717) is 28.2 Å². The van der Waals surface area contributed by atoms with Crippen LogP contribution in [0.2, 0.25) is 0 Å². The molecule has 10 heteroatoms. The summed E-state index contributed by atoms with van der Waals surface area (Å²) in [7, 11) is 1.71. The van der Waals surface area contributed by atoms with Gasteiger partial charge in [-0.15, -0.1) is 0 Å². The van der Waals surface area contributed by atoms with Crippen LogP contribution < -0.4 is 15.5 Å². The number of ether oxygens (including phenoxy) is 1. The van der Waals surface area contributed by atoms with Crippen molar-refractivity contribution in [3.05, 3.63) is 101 Å². The zero-order chi connectivity index (χ0) is 29.2. The van der Waals surface area contributed by atoms with Crippen molar-refractivity contribution in [3.63, 3.8) is 0 Å². The van der Waals surface area contributed by atoms with Gasteiger partial charge in [0.05, 0.1) is 24.6 Å². The Morgan fingerprint density at radius 2 is 1.71 bits per heavy atom. The highest BCUT2D eigenvalue weighted by atomic mass is 16.5. The minimum atomic E-state index is -0.547. The van der Waals surface area contributed by atoms with E-state index in [-0.39, 0.29) is 17.6 Å². The maximum Gasteiger partial charge on any atom is 0.273 e. The van der Waals surface area contributed by atoms with Gasteiger partial charge in [-0.05, 0) is 73.2 Å². The van der Waals surface area contributed by atoms with Crippen molar-refractivity contribution in [1.29, 1.82) is 0 Å². The summed E-state index contributed by atoms with van der Waals surface area (Å²) in [6, 6.07) is 21.6. The van der Waals surface area contributed by atoms with Crippen molar-refractivity contribution in [2.24, 2.45) is 12.0 Å². The third-order valence-corrected chi connectivity index (χ3v) is 7.43. The summed E-state index contributed by atoms with van der Waals surface area (Å²) in [5, 5.41) is 9.90. The van der Waals surface area contributed by atoms with Crippen molar-refractivity contribution in [3.8, 4) is 0 Å². The Morgan fingerprint density at radius 3 is 2.40 bits per heavy atom. The maximum atomic E-state index is 13.2. The molecule has 0 aliphatic carbocycles. The number of ketones is 1. The van der Waals surface area contributed by atoms with E-state index >= 15 is 0 Å². The van der Waals surface area contributed by atoms with E-state index < -0.39 is 5.92 Å². The molecule has 3 heterocycles. The molecule has 212 valence electrons. The molecule has 1 unspecified atom stereocenters. The molecule has 1 fully saturated rings. The van der Waals surface area contributed by atoms with E-state index in [1.165, 1.54) is 4.68 Å². The first-order chi connectivity index (χ1) is 20.4. The average Bonchev–Trinajstić information content (AvgIpc) is 3.52. The molecule has 1 saturated heterocycles. The molecular weight excluding hydrogens is 532 g/mol. The van der Waals surface area contributed by atoms with Crippen LogP contribution in [0.15, 0.2) is 77.8 Å². The lowest BCUT2D eigenvalue weighted by atomic mass is 9.97. The van der Waals surface area contributed by atoms with E-state index in [0.717, 1.165) is 48.9 Å². The second-order valence-electron chi connectivity index (χ2n) is 10.3. The topological polar surface area (TPSA) is 118 Å². The lowest BCUT2D eigenvalue weighted by Gasteiger charge is -2.28. The molecule has 2 amide bonds. The summed E-state index contributed by atoms with van der Waals surface area (Å²) in [6.45, 7) is 5.00. The number of rotatable bonds is 7. The lowest BCUT2D eigenvalue weighted by Crippen LogP contribution is -2.36. The van der Waals surface area contributed by atoms with Gasteiger partial charge < -0.3 is 20.3 Å². The van der Waals surface area contributed by atoms with Gasteiger partial charge >= 0.3 is 0 Å². The second kappa shape index (κ2) is 11.4. The molecule has 6 rings (SSSR count). The molecule has 2 N–H and O–H groups in total. The standard InChI is InChI=1S/C32H30N6O4/c1-20-17-29(37(2)36-20)32(41)34-24-6-3-21(4-7-24)30(39)22-5-12-26-27(31(40)35-28(26)18-22)19-33-23-8-10-25(11-9-23)38-13-15-42-16-14-38/h3-12,17-19,27H,13-16H2,1-2H3,(H,34,41)(H,35,40). The Morgan fingerprint density at radius 1 is 1.00 bits per heavy atom. The third-order valence-electron chi connectivity index (χ3n) is 7.43. The van der Waals surface area contributed by atoms with Gasteiger partial charge in [-0.25, -0.2) is 0 Å². The summed E-state index contributed by atoms with van der Waals surface area (Å²) >= 11 is 0. The number of carbonyl (C=O) groups is 3. The highest BCUT2D eigenvalue weighted by molar-refractivity contribution is 6.15. The average molecular weight is 563 g/mol. The summed E-state index contributed by atoms with van der Waals surface area (Å²) in [5.41, 5.74) is 5.93. The molecular formula is C32H30N6O4. The zero-order valence-electron chi connectivity index (χ0n) is 23.3. The van der Waals surface area contributed by atoms with Crippen molar-refractivity contribution >= 4 is 46.6 Å². The van der Waals surface area contributed by atoms with Gasteiger partial charge in [-0.3, -0.25) is 24.1 Å². The van der Waals surface area contributed by atoms with Gasteiger partial charge in [0.25, 0.3) is 5.91 Å². The van der Waals surface area contributed by atoms with Gasteiger partial charge in [0.15, 0.2) is 5.78 Å². The largest absolute Gasteiger partial charge is 0.378 e. The number of aliphatic imine (C=N–C) groups is 1. The maximum absolute atomic E-state index is 13.2. The van der Waals surface area contributed by atoms with Crippen molar-refractivity contribution in [2.75, 3.05) is 41.8 Å². The Labute approximate surface area is 243 Å². The molecule has 2 aliphatic rings. The van der Waals surface area contributed by atoms with Crippen LogP contribution in [0, 0.1) is 6.92 Å². The fourth-order valence-corrected chi connectivity index (χ4v) is 5.20. The van der Waals surface area contributed by atoms with Crippen LogP contribution in [0.1, 0.15) is 43.6 Å². The van der Waals surface area contributed by atoms with Crippen molar-refractivity contribution in [2.45, 2.75) is 12.8 Å². The summed E-state index contributed by atoms with van der Waals surface area (Å²) in [4.78, 5) is 45.4. The van der Waals surface area contributed by atoms with Crippen LogP contribution in [-0.2, 0) is 16.6 Å². The number of fused-ring (bicyclic) bond motifs is 1. The number of hydrogen-bond acceptors (Lipinski definition) is 7. The van der Waals surface area contributed by atoms with Crippen LogP contribution >= 0.6 is 0 Å². The van der Waals surface area contributed by atoms with E-state index in [1.54, 1.807) is 61.8 Å². The number of morpholine rings is 1. The lowest BCUT2D eigenvalue weighted by molar-refractivity contribution is -0.115. The molecule has 0 spiro atoms. The molecule has 1 aromatic heterocycles. The smallest absolute Gasteiger partial charge is 0.273 e. The number of benzene rings is 3. The normalized spacial score (nSPS) is 16.4. The van der Waals surface area contributed by atoms with Crippen LogP contribution in [0.25, 0.3) is 0 Å². The minimum Gasteiger partial charge on any atom is -0.378 e.